The average Bonchev–Trinajstić information content (AvgIpc) is 3.01. The number of amides is 3. The zero-order chi connectivity index (χ0) is 29.9. The van der Waals surface area contributed by atoms with Gasteiger partial charge in [-0.15, -0.1) is 11.8 Å². The normalized spacial score (nSPS) is 10.9. The third-order valence-corrected chi connectivity index (χ3v) is 7.18. The number of benzene rings is 4. The van der Waals surface area contributed by atoms with Gasteiger partial charge in [0.1, 0.15) is 17.2 Å². The topological polar surface area (TPSA) is 106 Å². The molecule has 0 saturated carbocycles. The van der Waals surface area contributed by atoms with Crippen molar-refractivity contribution >= 4 is 58.5 Å². The van der Waals surface area contributed by atoms with E-state index in [2.05, 4.69) is 16.0 Å². The molecule has 0 aliphatic rings. The van der Waals surface area contributed by atoms with Crippen LogP contribution in [0.1, 0.15) is 15.9 Å². The molecule has 0 saturated heterocycles. The van der Waals surface area contributed by atoms with Gasteiger partial charge in [-0.2, -0.15) is 0 Å². The van der Waals surface area contributed by atoms with Gasteiger partial charge in [0.15, 0.2) is 0 Å². The van der Waals surface area contributed by atoms with Crippen LogP contribution in [0.4, 0.5) is 11.4 Å². The molecule has 4 aromatic rings. The van der Waals surface area contributed by atoms with E-state index >= 15 is 0 Å². The zero-order valence-corrected chi connectivity index (χ0v) is 24.4. The fourth-order valence-electron chi connectivity index (χ4n) is 3.73. The summed E-state index contributed by atoms with van der Waals surface area (Å²) in [5.74, 6) is 0.280. The molecule has 0 aliphatic heterocycles. The number of halogens is 1. The molecule has 0 radical (unpaired) electrons. The lowest BCUT2D eigenvalue weighted by molar-refractivity contribution is -0.114. The molecule has 4 rings (SSSR count). The maximum absolute atomic E-state index is 13.3. The van der Waals surface area contributed by atoms with Crippen LogP contribution in [0.5, 0.6) is 11.5 Å². The Kier molecular flexibility index (Phi) is 10.6. The fourth-order valence-corrected chi connectivity index (χ4v) is 4.69. The molecule has 3 amide bonds. The molecular weight excluding hydrogens is 574 g/mol. The maximum atomic E-state index is 13.3. The molecule has 0 unspecified atom stereocenters. The molecule has 214 valence electrons. The van der Waals surface area contributed by atoms with Gasteiger partial charge in [-0.05, 0) is 78.4 Å². The lowest BCUT2D eigenvalue weighted by Gasteiger charge is -2.12. The lowest BCUT2D eigenvalue weighted by Crippen LogP contribution is -2.30. The van der Waals surface area contributed by atoms with E-state index in [1.807, 2.05) is 6.07 Å². The minimum Gasteiger partial charge on any atom is -0.497 e. The second kappa shape index (κ2) is 14.8. The monoisotopic (exact) mass is 601 g/mol. The highest BCUT2D eigenvalue weighted by atomic mass is 35.5. The lowest BCUT2D eigenvalue weighted by atomic mass is 10.1. The summed E-state index contributed by atoms with van der Waals surface area (Å²) in [6.07, 6.45) is 1.59. The van der Waals surface area contributed by atoms with E-state index < -0.39 is 11.8 Å². The van der Waals surface area contributed by atoms with Gasteiger partial charge in [0.25, 0.3) is 11.8 Å². The summed E-state index contributed by atoms with van der Waals surface area (Å²) in [5.41, 5.74) is 2.30. The number of carbonyl (C=O) groups excluding carboxylic acids is 3. The van der Waals surface area contributed by atoms with Gasteiger partial charge < -0.3 is 25.4 Å². The van der Waals surface area contributed by atoms with E-state index in [0.717, 1.165) is 4.90 Å². The molecule has 0 bridgehead atoms. The molecule has 8 nitrogen and oxygen atoms in total. The summed E-state index contributed by atoms with van der Waals surface area (Å²) >= 11 is 7.46. The van der Waals surface area contributed by atoms with Crippen molar-refractivity contribution in [2.24, 2.45) is 0 Å². The van der Waals surface area contributed by atoms with E-state index in [-0.39, 0.29) is 17.4 Å². The van der Waals surface area contributed by atoms with Crippen molar-refractivity contribution in [2.45, 2.75) is 4.90 Å². The highest BCUT2D eigenvalue weighted by Gasteiger charge is 2.15. The number of carbonyl (C=O) groups is 3. The highest BCUT2D eigenvalue weighted by Crippen LogP contribution is 2.28. The van der Waals surface area contributed by atoms with Gasteiger partial charge in [-0.1, -0.05) is 41.9 Å². The van der Waals surface area contributed by atoms with Gasteiger partial charge in [-0.25, -0.2) is 0 Å². The Bertz CT molecular complexity index is 1580. The second-order valence-electron chi connectivity index (χ2n) is 8.82. The van der Waals surface area contributed by atoms with Crippen LogP contribution in [-0.4, -0.2) is 37.7 Å². The number of hydrogen-bond acceptors (Lipinski definition) is 6. The van der Waals surface area contributed by atoms with Crippen LogP contribution >= 0.6 is 23.4 Å². The molecule has 0 atom stereocenters. The molecule has 0 fully saturated rings. The summed E-state index contributed by atoms with van der Waals surface area (Å²) < 4.78 is 10.3. The largest absolute Gasteiger partial charge is 0.497 e. The van der Waals surface area contributed by atoms with E-state index in [1.165, 1.54) is 18.9 Å². The molecule has 42 heavy (non-hydrogen) atoms. The quantitative estimate of drug-likeness (QED) is 0.134. The molecule has 3 N–H and O–H groups in total. The number of rotatable bonds is 11. The number of ether oxygens (including phenoxy) is 2. The van der Waals surface area contributed by atoms with Gasteiger partial charge in [0.2, 0.25) is 5.91 Å². The van der Waals surface area contributed by atoms with Crippen LogP contribution in [0.2, 0.25) is 5.02 Å². The Morgan fingerprint density at radius 3 is 2.14 bits per heavy atom. The summed E-state index contributed by atoms with van der Waals surface area (Å²) in [6, 6.07) is 27.8. The molecule has 4 aromatic carbocycles. The fraction of sp³-hybridized carbons (Fsp3) is 0.0938. The SMILES string of the molecule is COc1ccc(/C=C(\NC(=O)c2ccccc2)C(=O)Nc2ccc(SCC(=O)Nc3ccc(OC)c(Cl)c3)cc2)cc1. The van der Waals surface area contributed by atoms with E-state index in [9.17, 15) is 14.4 Å². The zero-order valence-electron chi connectivity index (χ0n) is 22.8. The molecule has 10 heteroatoms. The third-order valence-electron chi connectivity index (χ3n) is 5.87. The summed E-state index contributed by atoms with van der Waals surface area (Å²) in [4.78, 5) is 39.3. The van der Waals surface area contributed by atoms with Gasteiger partial charge in [0.05, 0.1) is 25.0 Å². The van der Waals surface area contributed by atoms with Crippen LogP contribution in [0.25, 0.3) is 6.08 Å². The first-order valence-corrected chi connectivity index (χ1v) is 14.1. The maximum Gasteiger partial charge on any atom is 0.272 e. The van der Waals surface area contributed by atoms with E-state index in [4.69, 9.17) is 21.1 Å². The van der Waals surface area contributed by atoms with Crippen molar-refractivity contribution in [3.63, 3.8) is 0 Å². The first-order chi connectivity index (χ1) is 20.3. The van der Waals surface area contributed by atoms with Crippen molar-refractivity contribution in [3.05, 3.63) is 119 Å². The first kappa shape index (κ1) is 30.2. The molecular formula is C32H28ClN3O5S. The number of anilines is 2. The Hall–Kier alpha value is -4.73. The Balaban J connectivity index is 1.39. The highest BCUT2D eigenvalue weighted by molar-refractivity contribution is 8.00. The Morgan fingerprint density at radius 1 is 0.810 bits per heavy atom. The van der Waals surface area contributed by atoms with Crippen molar-refractivity contribution in [2.75, 3.05) is 30.6 Å². The standard InChI is InChI=1S/C32H28ClN3O5S/c1-40-25-13-8-21(9-14-25)18-28(36-31(38)22-6-4-3-5-7-22)32(39)35-23-10-15-26(16-11-23)42-20-30(37)34-24-12-17-29(41-2)27(33)19-24/h3-19H,20H2,1-2H3,(H,34,37)(H,35,39)(H,36,38)/b28-18-. The van der Waals surface area contributed by atoms with Crippen molar-refractivity contribution in [1.29, 1.82) is 0 Å². The van der Waals surface area contributed by atoms with E-state index in [0.29, 0.717) is 39.0 Å². The predicted molar refractivity (Wildman–Crippen MR) is 167 cm³/mol. The molecule has 0 spiro atoms. The molecule has 0 aliphatic carbocycles. The van der Waals surface area contributed by atoms with Crippen molar-refractivity contribution < 1.29 is 23.9 Å². The number of hydrogen-bond donors (Lipinski definition) is 3. The first-order valence-electron chi connectivity index (χ1n) is 12.7. The summed E-state index contributed by atoms with van der Waals surface area (Å²) in [5, 5.41) is 8.75. The second-order valence-corrected chi connectivity index (χ2v) is 10.3. The van der Waals surface area contributed by atoms with Crippen LogP contribution in [0.15, 0.2) is 108 Å². The minimum absolute atomic E-state index is 0.0720. The number of nitrogens with one attached hydrogen (secondary N) is 3. The molecule has 0 heterocycles. The van der Waals surface area contributed by atoms with Crippen molar-refractivity contribution in [1.82, 2.24) is 5.32 Å². The van der Waals surface area contributed by atoms with Gasteiger partial charge >= 0.3 is 0 Å². The summed E-state index contributed by atoms with van der Waals surface area (Å²) in [6.45, 7) is 0. The van der Waals surface area contributed by atoms with Crippen LogP contribution in [0, 0.1) is 0 Å². The van der Waals surface area contributed by atoms with Crippen LogP contribution < -0.4 is 25.4 Å². The smallest absolute Gasteiger partial charge is 0.272 e. The average molecular weight is 602 g/mol. The Morgan fingerprint density at radius 2 is 1.50 bits per heavy atom. The molecule has 0 aromatic heterocycles. The number of methoxy groups -OCH3 is 2. The van der Waals surface area contributed by atoms with Crippen LogP contribution in [0.3, 0.4) is 0 Å². The van der Waals surface area contributed by atoms with E-state index in [1.54, 1.807) is 104 Å². The minimum atomic E-state index is -0.493. The van der Waals surface area contributed by atoms with Crippen molar-refractivity contribution in [3.8, 4) is 11.5 Å². The van der Waals surface area contributed by atoms with Gasteiger partial charge in [-0.3, -0.25) is 14.4 Å². The van der Waals surface area contributed by atoms with Crippen LogP contribution in [-0.2, 0) is 9.59 Å². The number of thioether (sulfide) groups is 1. The Labute approximate surface area is 253 Å². The van der Waals surface area contributed by atoms with Gasteiger partial charge in [0, 0.05) is 21.8 Å². The third kappa shape index (κ3) is 8.63. The summed E-state index contributed by atoms with van der Waals surface area (Å²) in [7, 11) is 3.09. The predicted octanol–water partition coefficient (Wildman–Crippen LogP) is 6.50.